The molecule has 4 heterocycles. The molecule has 8 heteroatoms. The monoisotopic (exact) mass is 466 g/mol. The number of rotatable bonds is 6. The van der Waals surface area contributed by atoms with Gasteiger partial charge in [-0.1, -0.05) is 38.1 Å². The number of H-pyrrole nitrogens is 1. The summed E-state index contributed by atoms with van der Waals surface area (Å²) in [6, 6.07) is 14.4. The first kappa shape index (κ1) is 22.8. The summed E-state index contributed by atoms with van der Waals surface area (Å²) in [5.74, 6) is 3.23. The van der Waals surface area contributed by atoms with Crippen LogP contribution in [-0.4, -0.2) is 44.6 Å². The van der Waals surface area contributed by atoms with E-state index in [4.69, 9.17) is 9.97 Å². The number of anilines is 2. The van der Waals surface area contributed by atoms with E-state index in [0.29, 0.717) is 29.0 Å². The van der Waals surface area contributed by atoms with E-state index in [2.05, 4.69) is 63.3 Å². The number of benzene rings is 1. The average Bonchev–Trinajstić information content (AvgIpc) is 3.28. The fourth-order valence-corrected chi connectivity index (χ4v) is 4.71. The zero-order chi connectivity index (χ0) is 24.4. The van der Waals surface area contributed by atoms with Gasteiger partial charge in [0.15, 0.2) is 17.2 Å². The second-order valence-electron chi connectivity index (χ2n) is 9.47. The van der Waals surface area contributed by atoms with E-state index < -0.39 is 0 Å². The molecule has 1 aliphatic rings. The first-order valence-corrected chi connectivity index (χ1v) is 12.2. The first-order valence-electron chi connectivity index (χ1n) is 12.2. The third-order valence-electron chi connectivity index (χ3n) is 6.75. The molecule has 35 heavy (non-hydrogen) atoms. The number of aromatic nitrogens is 5. The highest BCUT2D eigenvalue weighted by Crippen LogP contribution is 2.30. The number of piperidine rings is 1. The van der Waals surface area contributed by atoms with Crippen molar-refractivity contribution in [2.75, 3.05) is 29.9 Å². The highest BCUT2D eigenvalue weighted by Gasteiger charge is 2.23. The minimum Gasteiger partial charge on any atom is -0.369 e. The molecule has 0 saturated carbocycles. The van der Waals surface area contributed by atoms with Crippen LogP contribution in [0.5, 0.6) is 0 Å². The molecule has 1 aromatic carbocycles. The largest absolute Gasteiger partial charge is 0.369 e. The van der Waals surface area contributed by atoms with Crippen molar-refractivity contribution >= 4 is 22.8 Å². The van der Waals surface area contributed by atoms with E-state index in [9.17, 15) is 5.26 Å². The van der Waals surface area contributed by atoms with Crippen LogP contribution in [0.3, 0.4) is 0 Å². The quantitative estimate of drug-likeness (QED) is 0.410. The number of nitriles is 1. The smallest absolute Gasteiger partial charge is 0.204 e. The van der Waals surface area contributed by atoms with Gasteiger partial charge in [-0.15, -0.1) is 0 Å². The molecule has 8 nitrogen and oxygen atoms in total. The van der Waals surface area contributed by atoms with E-state index >= 15 is 0 Å². The topological polar surface area (TPSA) is 106 Å². The zero-order valence-corrected chi connectivity index (χ0v) is 20.4. The molecule has 4 aromatic rings. The van der Waals surface area contributed by atoms with E-state index in [1.807, 2.05) is 25.1 Å². The fourth-order valence-electron chi connectivity index (χ4n) is 4.71. The summed E-state index contributed by atoms with van der Waals surface area (Å²) in [5.41, 5.74) is 4.29. The highest BCUT2D eigenvalue weighted by molar-refractivity contribution is 5.88. The lowest BCUT2D eigenvalue weighted by molar-refractivity contribution is 0.420. The van der Waals surface area contributed by atoms with Crippen molar-refractivity contribution in [1.29, 1.82) is 5.26 Å². The van der Waals surface area contributed by atoms with Crippen LogP contribution in [0.1, 0.15) is 49.6 Å². The molecule has 0 amide bonds. The summed E-state index contributed by atoms with van der Waals surface area (Å²) in [6.45, 7) is 8.91. The van der Waals surface area contributed by atoms with Crippen molar-refractivity contribution in [1.82, 2.24) is 24.9 Å². The summed E-state index contributed by atoms with van der Waals surface area (Å²) >= 11 is 0. The van der Waals surface area contributed by atoms with E-state index in [0.717, 1.165) is 60.9 Å². The van der Waals surface area contributed by atoms with Gasteiger partial charge >= 0.3 is 0 Å². The summed E-state index contributed by atoms with van der Waals surface area (Å²) in [5, 5.41) is 13.7. The van der Waals surface area contributed by atoms with Crippen LogP contribution in [-0.2, 0) is 0 Å². The molecule has 0 spiro atoms. The number of hydrogen-bond acceptors (Lipinski definition) is 7. The lowest BCUT2D eigenvalue weighted by Crippen LogP contribution is -2.36. The predicted molar refractivity (Wildman–Crippen MR) is 138 cm³/mol. The van der Waals surface area contributed by atoms with Crippen molar-refractivity contribution in [3.63, 3.8) is 0 Å². The summed E-state index contributed by atoms with van der Waals surface area (Å²) in [7, 11) is 0. The van der Waals surface area contributed by atoms with Crippen molar-refractivity contribution in [2.24, 2.45) is 5.92 Å². The Morgan fingerprint density at radius 2 is 1.91 bits per heavy atom. The van der Waals surface area contributed by atoms with Crippen molar-refractivity contribution in [3.05, 3.63) is 59.5 Å². The summed E-state index contributed by atoms with van der Waals surface area (Å²) in [4.78, 5) is 24.2. The minimum absolute atomic E-state index is 0.373. The second-order valence-corrected chi connectivity index (χ2v) is 9.47. The molecule has 0 radical (unpaired) electrons. The van der Waals surface area contributed by atoms with Crippen molar-refractivity contribution in [3.8, 4) is 17.5 Å². The summed E-state index contributed by atoms with van der Waals surface area (Å²) in [6.07, 6.45) is 3.86. The van der Waals surface area contributed by atoms with Gasteiger partial charge in [0, 0.05) is 31.4 Å². The lowest BCUT2D eigenvalue weighted by Gasteiger charge is -2.32. The van der Waals surface area contributed by atoms with Crippen LogP contribution in [0.4, 0.5) is 11.8 Å². The number of imidazole rings is 1. The van der Waals surface area contributed by atoms with Gasteiger partial charge in [0.05, 0.1) is 11.1 Å². The molecule has 0 atom stereocenters. The van der Waals surface area contributed by atoms with Crippen LogP contribution in [0, 0.1) is 24.2 Å². The van der Waals surface area contributed by atoms with Crippen molar-refractivity contribution < 1.29 is 0 Å². The third-order valence-corrected chi connectivity index (χ3v) is 6.75. The molecule has 0 bridgehead atoms. The Balaban J connectivity index is 1.33. The summed E-state index contributed by atoms with van der Waals surface area (Å²) < 4.78 is 0. The number of aryl methyl sites for hydroxylation is 1. The Kier molecular flexibility index (Phi) is 6.32. The van der Waals surface area contributed by atoms with Gasteiger partial charge in [0.25, 0.3) is 0 Å². The van der Waals surface area contributed by atoms with Crippen LogP contribution >= 0.6 is 0 Å². The Bertz CT molecular complexity index is 1380. The maximum absolute atomic E-state index is 9.19. The maximum Gasteiger partial charge on any atom is 0.204 e. The molecule has 3 aromatic heterocycles. The van der Waals surface area contributed by atoms with Crippen LogP contribution in [0.25, 0.3) is 22.4 Å². The maximum atomic E-state index is 9.19. The number of nitrogens with one attached hydrogen (secondary N) is 2. The number of nitrogens with zero attached hydrogens (tertiary/aromatic N) is 6. The highest BCUT2D eigenvalue weighted by atomic mass is 15.3. The normalized spacial score (nSPS) is 14.4. The fraction of sp³-hybridized carbons (Fsp3) is 0.370. The lowest BCUT2D eigenvalue weighted by atomic mass is 9.96. The number of fused-ring (bicyclic) bond motifs is 1. The van der Waals surface area contributed by atoms with Gasteiger partial charge in [0.2, 0.25) is 5.95 Å². The van der Waals surface area contributed by atoms with Gasteiger partial charge in [-0.05, 0) is 49.3 Å². The standard InChI is InChI=1S/C27H30N8/c1-17(2)20-7-4-5-8-21(20)26-33-24-22(9-6-12-29-24)25(34-26)30-16-19-10-13-35(14-11-19)27-31-18(3)23(15-28)32-27/h4-9,12,17,19H,10-11,13-14,16H2,1-3H3,(H,31,32)(H,29,30,33,34). The van der Waals surface area contributed by atoms with Gasteiger partial charge in [-0.25, -0.2) is 19.9 Å². The molecule has 178 valence electrons. The number of pyridine rings is 1. The Labute approximate surface area is 205 Å². The van der Waals surface area contributed by atoms with Crippen LogP contribution < -0.4 is 10.2 Å². The second kappa shape index (κ2) is 9.71. The van der Waals surface area contributed by atoms with Crippen LogP contribution in [0.15, 0.2) is 42.6 Å². The van der Waals surface area contributed by atoms with E-state index in [1.165, 1.54) is 5.56 Å². The SMILES string of the molecule is Cc1[nH]c(N2CCC(CNc3nc(-c4ccccc4C(C)C)nc4ncccc34)CC2)nc1C#N. The Morgan fingerprint density at radius 3 is 2.66 bits per heavy atom. The Morgan fingerprint density at radius 1 is 1.11 bits per heavy atom. The third kappa shape index (κ3) is 4.67. The van der Waals surface area contributed by atoms with Gasteiger partial charge < -0.3 is 15.2 Å². The van der Waals surface area contributed by atoms with Gasteiger partial charge in [-0.2, -0.15) is 5.26 Å². The van der Waals surface area contributed by atoms with Crippen LogP contribution in [0.2, 0.25) is 0 Å². The van der Waals surface area contributed by atoms with E-state index in [1.54, 1.807) is 6.20 Å². The molecular weight excluding hydrogens is 436 g/mol. The molecule has 0 unspecified atom stereocenters. The molecule has 1 saturated heterocycles. The zero-order valence-electron chi connectivity index (χ0n) is 20.4. The average molecular weight is 467 g/mol. The predicted octanol–water partition coefficient (Wildman–Crippen LogP) is 5.05. The van der Waals surface area contributed by atoms with Gasteiger partial charge in [-0.3, -0.25) is 0 Å². The minimum atomic E-state index is 0.373. The number of hydrogen-bond donors (Lipinski definition) is 2. The molecule has 2 N–H and O–H groups in total. The first-order chi connectivity index (χ1) is 17.0. The molecule has 5 rings (SSSR count). The molecule has 0 aliphatic carbocycles. The Hall–Kier alpha value is -3.99. The van der Waals surface area contributed by atoms with Crippen molar-refractivity contribution in [2.45, 2.75) is 39.5 Å². The molecule has 1 fully saturated rings. The van der Waals surface area contributed by atoms with Gasteiger partial charge in [0.1, 0.15) is 11.9 Å². The number of aromatic amines is 1. The molecule has 1 aliphatic heterocycles. The molecular formula is C27H30N8. The van der Waals surface area contributed by atoms with E-state index in [-0.39, 0.29) is 0 Å².